The predicted octanol–water partition coefficient (Wildman–Crippen LogP) is 3.32. The van der Waals surface area contributed by atoms with Crippen molar-refractivity contribution in [2.45, 2.75) is 39.0 Å². The van der Waals surface area contributed by atoms with Crippen molar-refractivity contribution in [2.75, 3.05) is 0 Å². The highest BCUT2D eigenvalue weighted by Gasteiger charge is 2.55. The average Bonchev–Trinajstić information content (AvgIpc) is 2.59. The molecule has 12 heavy (non-hydrogen) atoms. The second-order valence-corrected chi connectivity index (χ2v) is 4.83. The van der Waals surface area contributed by atoms with Crippen LogP contribution in [0.1, 0.15) is 33.1 Å². The molecule has 2 fully saturated rings. The van der Waals surface area contributed by atoms with Gasteiger partial charge in [-0.05, 0) is 30.1 Å². The second kappa shape index (κ2) is 2.43. The molecule has 0 aromatic heterocycles. The summed E-state index contributed by atoms with van der Waals surface area (Å²) in [6.07, 6.45) is 1.54. The van der Waals surface area contributed by atoms with Crippen molar-refractivity contribution >= 4 is 0 Å². The number of hydrogen-bond acceptors (Lipinski definition) is 0. The van der Waals surface area contributed by atoms with E-state index in [0.717, 1.165) is 5.92 Å². The van der Waals surface area contributed by atoms with E-state index in [1.54, 1.807) is 0 Å². The molecule has 0 spiro atoms. The number of hydrogen-bond donors (Lipinski definition) is 0. The van der Waals surface area contributed by atoms with Crippen LogP contribution in [-0.4, -0.2) is 5.92 Å². The van der Waals surface area contributed by atoms with Crippen molar-refractivity contribution in [2.24, 2.45) is 23.7 Å². The summed E-state index contributed by atoms with van der Waals surface area (Å²) in [6, 6.07) is 0. The molecule has 1 unspecified atom stereocenters. The summed E-state index contributed by atoms with van der Waals surface area (Å²) in [7, 11) is 0. The Kier molecular flexibility index (Phi) is 1.71. The standard InChI is InChI=1S/C10H16F2/c1-6(2)8-3-9(8)7-4-10(11,12)5-7/h6-9H,3-5H2,1-2H3/t8?,9-/m1/s1. The van der Waals surface area contributed by atoms with E-state index in [4.69, 9.17) is 0 Å². The monoisotopic (exact) mass is 174 g/mol. The first-order valence-electron chi connectivity index (χ1n) is 4.87. The summed E-state index contributed by atoms with van der Waals surface area (Å²) in [5.41, 5.74) is 0. The van der Waals surface area contributed by atoms with E-state index in [1.807, 2.05) is 0 Å². The highest BCUT2D eigenvalue weighted by atomic mass is 19.3. The van der Waals surface area contributed by atoms with Crippen molar-refractivity contribution in [3.05, 3.63) is 0 Å². The van der Waals surface area contributed by atoms with Gasteiger partial charge in [-0.25, -0.2) is 8.78 Å². The Balaban J connectivity index is 1.78. The Morgan fingerprint density at radius 1 is 1.25 bits per heavy atom. The van der Waals surface area contributed by atoms with E-state index in [1.165, 1.54) is 6.42 Å². The highest BCUT2D eigenvalue weighted by molar-refractivity contribution is 5.00. The summed E-state index contributed by atoms with van der Waals surface area (Å²) < 4.78 is 25.0. The topological polar surface area (TPSA) is 0 Å². The van der Waals surface area contributed by atoms with Crippen molar-refractivity contribution in [3.63, 3.8) is 0 Å². The molecular formula is C10H16F2. The lowest BCUT2D eigenvalue weighted by atomic mass is 9.77. The van der Waals surface area contributed by atoms with Gasteiger partial charge in [-0.2, -0.15) is 0 Å². The van der Waals surface area contributed by atoms with Crippen molar-refractivity contribution in [1.29, 1.82) is 0 Å². The summed E-state index contributed by atoms with van der Waals surface area (Å²) >= 11 is 0. The molecule has 0 amide bonds. The van der Waals surface area contributed by atoms with Gasteiger partial charge in [-0.1, -0.05) is 13.8 Å². The van der Waals surface area contributed by atoms with Crippen LogP contribution in [0.2, 0.25) is 0 Å². The maximum absolute atomic E-state index is 12.5. The Hall–Kier alpha value is -0.140. The van der Waals surface area contributed by atoms with E-state index >= 15 is 0 Å². The fourth-order valence-electron chi connectivity index (χ4n) is 2.55. The largest absolute Gasteiger partial charge is 0.248 e. The average molecular weight is 174 g/mol. The zero-order valence-corrected chi connectivity index (χ0v) is 7.69. The molecule has 0 saturated heterocycles. The fraction of sp³-hybridized carbons (Fsp3) is 1.00. The first-order chi connectivity index (χ1) is 5.49. The number of halogens is 2. The van der Waals surface area contributed by atoms with Crippen LogP contribution in [-0.2, 0) is 0 Å². The summed E-state index contributed by atoms with van der Waals surface area (Å²) in [4.78, 5) is 0. The summed E-state index contributed by atoms with van der Waals surface area (Å²) in [5.74, 6) is 0.141. The maximum Gasteiger partial charge on any atom is 0.248 e. The van der Waals surface area contributed by atoms with Crippen molar-refractivity contribution in [1.82, 2.24) is 0 Å². The molecular weight excluding hydrogens is 158 g/mol. The van der Waals surface area contributed by atoms with Crippen LogP contribution in [0.4, 0.5) is 8.78 Å². The smallest absolute Gasteiger partial charge is 0.207 e. The quantitative estimate of drug-likeness (QED) is 0.602. The molecule has 2 atom stereocenters. The zero-order chi connectivity index (χ0) is 8.93. The second-order valence-electron chi connectivity index (χ2n) is 4.83. The van der Waals surface area contributed by atoms with Gasteiger partial charge < -0.3 is 0 Å². The van der Waals surface area contributed by atoms with E-state index < -0.39 is 5.92 Å². The maximum atomic E-state index is 12.5. The molecule has 70 valence electrons. The molecule has 0 aromatic rings. The van der Waals surface area contributed by atoms with Gasteiger partial charge in [0.1, 0.15) is 0 Å². The van der Waals surface area contributed by atoms with Crippen LogP contribution < -0.4 is 0 Å². The van der Waals surface area contributed by atoms with Crippen molar-refractivity contribution < 1.29 is 8.78 Å². The Labute approximate surface area is 72.3 Å². The van der Waals surface area contributed by atoms with Gasteiger partial charge in [-0.15, -0.1) is 0 Å². The zero-order valence-electron chi connectivity index (χ0n) is 7.69. The minimum atomic E-state index is -2.31. The summed E-state index contributed by atoms with van der Waals surface area (Å²) in [5, 5.41) is 0. The van der Waals surface area contributed by atoms with Crippen LogP contribution in [0.25, 0.3) is 0 Å². The molecule has 2 aliphatic rings. The highest BCUT2D eigenvalue weighted by Crippen LogP contribution is 2.58. The van der Waals surface area contributed by atoms with Crippen LogP contribution in [0.5, 0.6) is 0 Å². The van der Waals surface area contributed by atoms with Gasteiger partial charge in [-0.3, -0.25) is 0 Å². The van der Waals surface area contributed by atoms with Crippen LogP contribution >= 0.6 is 0 Å². The Morgan fingerprint density at radius 2 is 1.83 bits per heavy atom. The van der Waals surface area contributed by atoms with Crippen LogP contribution in [0.15, 0.2) is 0 Å². The van der Waals surface area contributed by atoms with Gasteiger partial charge in [0.2, 0.25) is 5.92 Å². The molecule has 2 aliphatic carbocycles. The van der Waals surface area contributed by atoms with Crippen molar-refractivity contribution in [3.8, 4) is 0 Å². The molecule has 0 radical (unpaired) electrons. The molecule has 0 aliphatic heterocycles. The molecule has 0 aromatic carbocycles. The van der Waals surface area contributed by atoms with Gasteiger partial charge in [0.05, 0.1) is 0 Å². The Morgan fingerprint density at radius 3 is 2.17 bits per heavy atom. The molecule has 2 heteroatoms. The first-order valence-corrected chi connectivity index (χ1v) is 4.87. The molecule has 0 N–H and O–H groups in total. The normalized spacial score (nSPS) is 39.8. The molecule has 2 saturated carbocycles. The fourth-order valence-corrected chi connectivity index (χ4v) is 2.55. The van der Waals surface area contributed by atoms with E-state index in [-0.39, 0.29) is 12.8 Å². The first kappa shape index (κ1) is 8.46. The lowest BCUT2D eigenvalue weighted by Crippen LogP contribution is -2.37. The number of alkyl halides is 2. The molecule has 0 heterocycles. The lowest BCUT2D eigenvalue weighted by Gasteiger charge is -2.35. The Bertz CT molecular complexity index is 178. The third kappa shape index (κ3) is 1.36. The van der Waals surface area contributed by atoms with Crippen LogP contribution in [0, 0.1) is 23.7 Å². The lowest BCUT2D eigenvalue weighted by molar-refractivity contribution is -0.117. The molecule has 0 nitrogen and oxygen atoms in total. The van der Waals surface area contributed by atoms with E-state index in [0.29, 0.717) is 17.8 Å². The minimum Gasteiger partial charge on any atom is -0.207 e. The minimum absolute atomic E-state index is 0.168. The number of rotatable bonds is 2. The summed E-state index contributed by atoms with van der Waals surface area (Å²) in [6.45, 7) is 4.39. The van der Waals surface area contributed by atoms with Gasteiger partial charge in [0, 0.05) is 12.8 Å². The third-order valence-electron chi connectivity index (χ3n) is 3.47. The molecule has 2 rings (SSSR count). The van der Waals surface area contributed by atoms with Gasteiger partial charge >= 0.3 is 0 Å². The third-order valence-corrected chi connectivity index (χ3v) is 3.47. The van der Waals surface area contributed by atoms with Crippen LogP contribution in [0.3, 0.4) is 0 Å². The molecule has 0 bridgehead atoms. The SMILES string of the molecule is CC(C)C1C[C@@H]1C1CC(F)(F)C1. The van der Waals surface area contributed by atoms with Gasteiger partial charge in [0.25, 0.3) is 0 Å². The van der Waals surface area contributed by atoms with E-state index in [2.05, 4.69) is 13.8 Å². The van der Waals surface area contributed by atoms with Gasteiger partial charge in [0.15, 0.2) is 0 Å². The predicted molar refractivity (Wildman–Crippen MR) is 44.1 cm³/mol. The van der Waals surface area contributed by atoms with E-state index in [9.17, 15) is 8.78 Å².